The third-order valence-corrected chi connectivity index (χ3v) is 3.39. The van der Waals surface area contributed by atoms with Crippen molar-refractivity contribution >= 4 is 11.5 Å². The topological polar surface area (TPSA) is 20.3 Å². The number of Topliss-reactive ketones (excluding diaryl/α,β-unsaturated/α-hetero) is 1. The van der Waals surface area contributed by atoms with E-state index in [1.807, 2.05) is 6.07 Å². The molecular formula is C15H20FNO. The number of carbonyl (C=O) groups excluding carboxylic acids is 1. The fourth-order valence-corrected chi connectivity index (χ4v) is 2.32. The van der Waals surface area contributed by atoms with E-state index in [0.29, 0.717) is 6.04 Å². The van der Waals surface area contributed by atoms with E-state index in [9.17, 15) is 9.18 Å². The summed E-state index contributed by atoms with van der Waals surface area (Å²) >= 11 is 0. The summed E-state index contributed by atoms with van der Waals surface area (Å²) in [5, 5.41) is 0. The molecule has 1 aliphatic carbocycles. The summed E-state index contributed by atoms with van der Waals surface area (Å²) in [5.41, 5.74) is 1.03. The van der Waals surface area contributed by atoms with E-state index in [4.69, 9.17) is 0 Å². The third-order valence-electron chi connectivity index (χ3n) is 3.39. The Kier molecular flexibility index (Phi) is 4.00. The van der Waals surface area contributed by atoms with E-state index in [1.54, 1.807) is 6.07 Å². The van der Waals surface area contributed by atoms with Crippen molar-refractivity contribution in [1.82, 2.24) is 0 Å². The van der Waals surface area contributed by atoms with Crippen molar-refractivity contribution in [3.8, 4) is 0 Å². The van der Waals surface area contributed by atoms with Gasteiger partial charge in [-0.25, -0.2) is 4.39 Å². The molecule has 0 atom stereocenters. The molecule has 0 bridgehead atoms. The van der Waals surface area contributed by atoms with Crippen LogP contribution >= 0.6 is 0 Å². The SMILES string of the molecule is CCCCN(c1cccc(F)c1C(C)=O)C1CC1. The maximum atomic E-state index is 13.8. The molecule has 1 fully saturated rings. The largest absolute Gasteiger partial charge is 0.368 e. The van der Waals surface area contributed by atoms with Gasteiger partial charge in [-0.3, -0.25) is 4.79 Å². The summed E-state index contributed by atoms with van der Waals surface area (Å²) in [6, 6.07) is 5.42. The van der Waals surface area contributed by atoms with E-state index in [0.717, 1.165) is 37.9 Å². The average molecular weight is 249 g/mol. The molecule has 1 saturated carbocycles. The van der Waals surface area contributed by atoms with Gasteiger partial charge >= 0.3 is 0 Å². The van der Waals surface area contributed by atoms with Crippen LogP contribution in [0.2, 0.25) is 0 Å². The number of hydrogen-bond donors (Lipinski definition) is 0. The van der Waals surface area contributed by atoms with Gasteiger partial charge in [0.15, 0.2) is 5.78 Å². The first-order valence-corrected chi connectivity index (χ1v) is 6.71. The van der Waals surface area contributed by atoms with Gasteiger partial charge < -0.3 is 4.90 Å². The first-order chi connectivity index (χ1) is 8.65. The lowest BCUT2D eigenvalue weighted by Gasteiger charge is -2.26. The maximum absolute atomic E-state index is 13.8. The fraction of sp³-hybridized carbons (Fsp3) is 0.533. The Morgan fingerprint density at radius 2 is 2.17 bits per heavy atom. The molecule has 98 valence electrons. The molecule has 0 N–H and O–H groups in total. The summed E-state index contributed by atoms with van der Waals surface area (Å²) in [5.74, 6) is -0.590. The molecule has 1 aromatic carbocycles. The van der Waals surface area contributed by atoms with Crippen LogP contribution in [0.15, 0.2) is 18.2 Å². The van der Waals surface area contributed by atoms with E-state index in [-0.39, 0.29) is 11.3 Å². The third kappa shape index (κ3) is 2.71. The number of halogens is 1. The Morgan fingerprint density at radius 1 is 1.44 bits per heavy atom. The van der Waals surface area contributed by atoms with E-state index in [1.165, 1.54) is 13.0 Å². The highest BCUT2D eigenvalue weighted by Crippen LogP contribution is 2.34. The summed E-state index contributed by atoms with van der Waals surface area (Å²) in [6.45, 7) is 4.49. The maximum Gasteiger partial charge on any atom is 0.164 e. The number of nitrogens with zero attached hydrogens (tertiary/aromatic N) is 1. The predicted octanol–water partition coefficient (Wildman–Crippen LogP) is 3.80. The Balaban J connectivity index is 2.34. The highest BCUT2D eigenvalue weighted by molar-refractivity contribution is 6.00. The monoisotopic (exact) mass is 249 g/mol. The number of carbonyl (C=O) groups is 1. The first-order valence-electron chi connectivity index (χ1n) is 6.71. The van der Waals surface area contributed by atoms with Gasteiger partial charge in [-0.1, -0.05) is 19.4 Å². The second kappa shape index (κ2) is 5.51. The van der Waals surface area contributed by atoms with E-state index < -0.39 is 5.82 Å². The second-order valence-electron chi connectivity index (χ2n) is 4.97. The predicted molar refractivity (Wildman–Crippen MR) is 71.7 cm³/mol. The van der Waals surface area contributed by atoms with Crippen molar-refractivity contribution in [1.29, 1.82) is 0 Å². The molecule has 0 heterocycles. The highest BCUT2D eigenvalue weighted by atomic mass is 19.1. The molecule has 18 heavy (non-hydrogen) atoms. The van der Waals surface area contributed by atoms with Crippen molar-refractivity contribution in [2.24, 2.45) is 0 Å². The zero-order valence-corrected chi connectivity index (χ0v) is 11.1. The average Bonchev–Trinajstić information content (AvgIpc) is 3.13. The van der Waals surface area contributed by atoms with Gasteiger partial charge in [-0.15, -0.1) is 0 Å². The summed E-state index contributed by atoms with van der Waals surface area (Å²) in [7, 11) is 0. The quantitative estimate of drug-likeness (QED) is 0.715. The molecule has 2 rings (SSSR count). The Hall–Kier alpha value is -1.38. The van der Waals surface area contributed by atoms with Crippen LogP contribution in [0.25, 0.3) is 0 Å². The fourth-order valence-electron chi connectivity index (χ4n) is 2.32. The van der Waals surface area contributed by atoms with Gasteiger partial charge in [0.2, 0.25) is 0 Å². The van der Waals surface area contributed by atoms with Gasteiger partial charge in [0.25, 0.3) is 0 Å². The smallest absolute Gasteiger partial charge is 0.164 e. The van der Waals surface area contributed by atoms with E-state index >= 15 is 0 Å². The molecule has 0 saturated heterocycles. The summed E-state index contributed by atoms with van der Waals surface area (Å²) < 4.78 is 13.8. The Bertz CT molecular complexity index is 440. The van der Waals surface area contributed by atoms with Crippen LogP contribution in [0.3, 0.4) is 0 Å². The lowest BCUT2D eigenvalue weighted by molar-refractivity contribution is 0.101. The van der Waals surface area contributed by atoms with Gasteiger partial charge in [-0.2, -0.15) is 0 Å². The number of benzene rings is 1. The van der Waals surface area contributed by atoms with Gasteiger partial charge in [0.1, 0.15) is 5.82 Å². The number of anilines is 1. The summed E-state index contributed by atoms with van der Waals surface area (Å²) in [4.78, 5) is 13.9. The zero-order valence-electron chi connectivity index (χ0n) is 11.1. The van der Waals surface area contributed by atoms with Gasteiger partial charge in [0.05, 0.1) is 11.3 Å². The van der Waals surface area contributed by atoms with Crippen LogP contribution in [-0.4, -0.2) is 18.4 Å². The standard InChI is InChI=1S/C15H20FNO/c1-3-4-10-17(12-8-9-12)14-7-5-6-13(16)15(14)11(2)18/h5-7,12H,3-4,8-10H2,1-2H3. The van der Waals surface area contributed by atoms with Gasteiger partial charge in [0, 0.05) is 12.6 Å². The Labute approximate surface area is 108 Å². The molecule has 3 heteroatoms. The minimum atomic E-state index is -0.401. The van der Waals surface area contributed by atoms with E-state index in [2.05, 4.69) is 11.8 Å². The minimum Gasteiger partial charge on any atom is -0.368 e. The van der Waals surface area contributed by atoms with Crippen molar-refractivity contribution in [3.05, 3.63) is 29.6 Å². The van der Waals surface area contributed by atoms with Crippen LogP contribution in [0, 0.1) is 5.82 Å². The summed E-state index contributed by atoms with van der Waals surface area (Å²) in [6.07, 6.45) is 4.48. The van der Waals surface area contributed by atoms with Crippen LogP contribution in [0.5, 0.6) is 0 Å². The molecule has 2 nitrogen and oxygen atoms in total. The van der Waals surface area contributed by atoms with Crippen molar-refractivity contribution < 1.29 is 9.18 Å². The Morgan fingerprint density at radius 3 is 2.72 bits per heavy atom. The molecule has 0 unspecified atom stereocenters. The molecule has 0 spiro atoms. The molecule has 1 aromatic rings. The van der Waals surface area contributed by atoms with Crippen LogP contribution in [0.4, 0.5) is 10.1 Å². The molecule has 0 aliphatic heterocycles. The van der Waals surface area contributed by atoms with Crippen molar-refractivity contribution in [2.45, 2.75) is 45.6 Å². The molecule has 1 aliphatic rings. The number of hydrogen-bond acceptors (Lipinski definition) is 2. The van der Waals surface area contributed by atoms with Crippen molar-refractivity contribution in [2.75, 3.05) is 11.4 Å². The number of ketones is 1. The molecular weight excluding hydrogens is 229 g/mol. The second-order valence-corrected chi connectivity index (χ2v) is 4.97. The number of unbranched alkanes of at least 4 members (excludes halogenated alkanes) is 1. The highest BCUT2D eigenvalue weighted by Gasteiger charge is 2.31. The minimum absolute atomic E-state index is 0.190. The lowest BCUT2D eigenvalue weighted by Crippen LogP contribution is -2.28. The normalized spacial score (nSPS) is 14.6. The first kappa shape index (κ1) is 13.1. The van der Waals surface area contributed by atoms with Crippen LogP contribution in [-0.2, 0) is 0 Å². The zero-order chi connectivity index (χ0) is 13.1. The molecule has 0 radical (unpaired) electrons. The molecule has 0 aromatic heterocycles. The van der Waals surface area contributed by atoms with Crippen molar-refractivity contribution in [3.63, 3.8) is 0 Å². The van der Waals surface area contributed by atoms with Crippen LogP contribution in [0.1, 0.15) is 49.9 Å². The lowest BCUT2D eigenvalue weighted by atomic mass is 10.1. The van der Waals surface area contributed by atoms with Crippen LogP contribution < -0.4 is 4.90 Å². The molecule has 0 amide bonds. The number of rotatable bonds is 6. The van der Waals surface area contributed by atoms with Gasteiger partial charge in [-0.05, 0) is 38.3 Å².